The van der Waals surface area contributed by atoms with E-state index in [0.717, 1.165) is 16.8 Å². The summed E-state index contributed by atoms with van der Waals surface area (Å²) in [5, 5.41) is 6.23. The minimum absolute atomic E-state index is 0.329. The van der Waals surface area contributed by atoms with Crippen LogP contribution in [0, 0.1) is 6.92 Å². The van der Waals surface area contributed by atoms with Gasteiger partial charge in [-0.25, -0.2) is 14.8 Å². The van der Waals surface area contributed by atoms with Gasteiger partial charge in [0.1, 0.15) is 0 Å². The van der Waals surface area contributed by atoms with Crippen LogP contribution < -0.4 is 10.6 Å². The summed E-state index contributed by atoms with van der Waals surface area (Å²) in [6.45, 7) is 1.86. The van der Waals surface area contributed by atoms with Gasteiger partial charge < -0.3 is 10.6 Å². The fraction of sp³-hybridized carbons (Fsp3) is 0.0500. The first-order valence-corrected chi connectivity index (χ1v) is 8.71. The number of anilines is 2. The molecule has 4 rings (SSSR count). The Morgan fingerprint density at radius 2 is 1.89 bits per heavy atom. The number of aromatic nitrogens is 3. The van der Waals surface area contributed by atoms with Crippen LogP contribution in [-0.2, 0) is 0 Å². The number of carbonyl (C=O) groups excluding carboxylic acids is 1. The fourth-order valence-corrected chi connectivity index (χ4v) is 2.90. The number of benzene rings is 2. The van der Waals surface area contributed by atoms with Crippen molar-refractivity contribution in [1.29, 1.82) is 0 Å². The molecule has 7 heteroatoms. The molecule has 0 unspecified atom stereocenters. The number of carbonyl (C=O) groups is 1. The summed E-state index contributed by atoms with van der Waals surface area (Å²) in [7, 11) is 0. The molecular weight excluding hydrogens is 362 g/mol. The Bertz CT molecular complexity index is 1090. The van der Waals surface area contributed by atoms with E-state index in [-0.39, 0.29) is 6.03 Å². The number of hydrogen-bond acceptors (Lipinski definition) is 3. The Labute approximate surface area is 160 Å². The number of imidazole rings is 1. The summed E-state index contributed by atoms with van der Waals surface area (Å²) >= 11 is 6.08. The summed E-state index contributed by atoms with van der Waals surface area (Å²) in [6, 6.07) is 14.4. The second-order valence-electron chi connectivity index (χ2n) is 6.02. The third kappa shape index (κ3) is 3.61. The topological polar surface area (TPSA) is 71.3 Å². The van der Waals surface area contributed by atoms with Gasteiger partial charge in [0.25, 0.3) is 0 Å². The highest BCUT2D eigenvalue weighted by molar-refractivity contribution is 6.31. The van der Waals surface area contributed by atoms with E-state index in [0.29, 0.717) is 22.2 Å². The van der Waals surface area contributed by atoms with Crippen molar-refractivity contribution in [2.75, 3.05) is 10.6 Å². The van der Waals surface area contributed by atoms with Crippen molar-refractivity contribution in [2.45, 2.75) is 6.92 Å². The van der Waals surface area contributed by atoms with Crippen molar-refractivity contribution in [2.24, 2.45) is 0 Å². The molecule has 0 spiro atoms. The standard InChI is InChI=1S/C20H16ClN5O/c1-13-16(21)4-2-5-17(13)25-20(27)23-15-8-6-14(7-9-15)18-12-26-11-3-10-22-19(26)24-18/h2-12H,1H3,(H2,23,25,27). The minimum Gasteiger partial charge on any atom is -0.308 e. The summed E-state index contributed by atoms with van der Waals surface area (Å²) in [6.07, 6.45) is 5.52. The highest BCUT2D eigenvalue weighted by Crippen LogP contribution is 2.24. The Balaban J connectivity index is 1.47. The Hall–Kier alpha value is -3.38. The first-order chi connectivity index (χ1) is 13.1. The molecule has 2 aromatic heterocycles. The van der Waals surface area contributed by atoms with Crippen LogP contribution in [0.2, 0.25) is 5.02 Å². The lowest BCUT2D eigenvalue weighted by molar-refractivity contribution is 0.262. The molecule has 4 aromatic rings. The quantitative estimate of drug-likeness (QED) is 0.527. The highest BCUT2D eigenvalue weighted by atomic mass is 35.5. The summed E-state index contributed by atoms with van der Waals surface area (Å²) in [5.41, 5.74) is 3.94. The molecule has 0 saturated carbocycles. The SMILES string of the molecule is Cc1c(Cl)cccc1NC(=O)Nc1ccc(-c2cn3cccnc3n2)cc1. The van der Waals surface area contributed by atoms with Crippen LogP contribution in [-0.4, -0.2) is 20.4 Å². The van der Waals surface area contributed by atoms with Gasteiger partial charge in [-0.3, -0.25) is 4.40 Å². The Morgan fingerprint density at radius 1 is 1.07 bits per heavy atom. The van der Waals surface area contributed by atoms with E-state index in [9.17, 15) is 4.79 Å². The largest absolute Gasteiger partial charge is 0.323 e. The molecule has 0 radical (unpaired) electrons. The van der Waals surface area contributed by atoms with Crippen LogP contribution >= 0.6 is 11.6 Å². The average Bonchev–Trinajstić information content (AvgIpc) is 3.10. The average molecular weight is 378 g/mol. The zero-order valence-electron chi connectivity index (χ0n) is 14.5. The molecule has 0 aliphatic carbocycles. The molecule has 6 nitrogen and oxygen atoms in total. The van der Waals surface area contributed by atoms with Crippen LogP contribution in [0.4, 0.5) is 16.2 Å². The number of nitrogens with one attached hydrogen (secondary N) is 2. The fourth-order valence-electron chi connectivity index (χ4n) is 2.72. The van der Waals surface area contributed by atoms with E-state index in [1.54, 1.807) is 24.4 Å². The monoisotopic (exact) mass is 377 g/mol. The molecular formula is C20H16ClN5O. The molecule has 0 bridgehead atoms. The number of halogens is 1. The smallest absolute Gasteiger partial charge is 0.308 e. The lowest BCUT2D eigenvalue weighted by Gasteiger charge is -2.11. The number of urea groups is 1. The summed E-state index contributed by atoms with van der Waals surface area (Å²) in [5.74, 6) is 0.644. The second-order valence-corrected chi connectivity index (χ2v) is 6.43. The second kappa shape index (κ2) is 7.09. The van der Waals surface area contributed by atoms with E-state index in [2.05, 4.69) is 20.6 Å². The Kier molecular flexibility index (Phi) is 4.48. The molecule has 134 valence electrons. The predicted molar refractivity (Wildman–Crippen MR) is 107 cm³/mol. The lowest BCUT2D eigenvalue weighted by Crippen LogP contribution is -2.19. The Morgan fingerprint density at radius 3 is 2.67 bits per heavy atom. The van der Waals surface area contributed by atoms with Gasteiger partial charge in [-0.2, -0.15) is 0 Å². The normalized spacial score (nSPS) is 10.7. The van der Waals surface area contributed by atoms with Crippen molar-refractivity contribution in [3.8, 4) is 11.3 Å². The summed E-state index contributed by atoms with van der Waals surface area (Å²) < 4.78 is 1.86. The van der Waals surface area contributed by atoms with Crippen LogP contribution in [0.5, 0.6) is 0 Å². The number of fused-ring (bicyclic) bond motifs is 1. The maximum Gasteiger partial charge on any atom is 0.323 e. The van der Waals surface area contributed by atoms with Crippen molar-refractivity contribution in [1.82, 2.24) is 14.4 Å². The number of hydrogen-bond donors (Lipinski definition) is 2. The zero-order chi connectivity index (χ0) is 18.8. The lowest BCUT2D eigenvalue weighted by atomic mass is 10.1. The maximum absolute atomic E-state index is 12.2. The van der Waals surface area contributed by atoms with E-state index in [1.165, 1.54) is 0 Å². The third-order valence-electron chi connectivity index (χ3n) is 4.19. The molecule has 0 aliphatic rings. The van der Waals surface area contributed by atoms with Gasteiger partial charge in [-0.1, -0.05) is 29.8 Å². The third-order valence-corrected chi connectivity index (χ3v) is 4.60. The highest BCUT2D eigenvalue weighted by Gasteiger charge is 2.08. The van der Waals surface area contributed by atoms with Crippen molar-refractivity contribution in [3.05, 3.63) is 77.7 Å². The zero-order valence-corrected chi connectivity index (χ0v) is 15.2. The van der Waals surface area contributed by atoms with E-state index >= 15 is 0 Å². The van der Waals surface area contributed by atoms with Gasteiger partial charge in [-0.15, -0.1) is 0 Å². The molecule has 0 aliphatic heterocycles. The first kappa shape index (κ1) is 17.1. The molecule has 2 heterocycles. The van der Waals surface area contributed by atoms with Gasteiger partial charge in [0.2, 0.25) is 5.78 Å². The number of rotatable bonds is 3. The molecule has 27 heavy (non-hydrogen) atoms. The van der Waals surface area contributed by atoms with Gasteiger partial charge >= 0.3 is 6.03 Å². The van der Waals surface area contributed by atoms with Crippen molar-refractivity contribution in [3.63, 3.8) is 0 Å². The predicted octanol–water partition coefficient (Wildman–Crippen LogP) is 5.00. The van der Waals surface area contributed by atoms with Gasteiger partial charge in [0.15, 0.2) is 0 Å². The van der Waals surface area contributed by atoms with Gasteiger partial charge in [-0.05, 0) is 42.8 Å². The van der Waals surface area contributed by atoms with Crippen LogP contribution in [0.1, 0.15) is 5.56 Å². The molecule has 0 atom stereocenters. The maximum atomic E-state index is 12.2. The van der Waals surface area contributed by atoms with E-state index in [4.69, 9.17) is 11.6 Å². The van der Waals surface area contributed by atoms with Gasteiger partial charge in [0, 0.05) is 40.6 Å². The summed E-state index contributed by atoms with van der Waals surface area (Å²) in [4.78, 5) is 20.9. The van der Waals surface area contributed by atoms with Crippen molar-refractivity contribution >= 4 is 34.8 Å². The molecule has 2 aromatic carbocycles. The molecule has 2 N–H and O–H groups in total. The molecule has 0 fully saturated rings. The van der Waals surface area contributed by atoms with Gasteiger partial charge in [0.05, 0.1) is 5.69 Å². The number of amides is 2. The van der Waals surface area contributed by atoms with Crippen LogP contribution in [0.3, 0.4) is 0 Å². The van der Waals surface area contributed by atoms with E-state index in [1.807, 2.05) is 54.0 Å². The number of nitrogens with zero attached hydrogens (tertiary/aromatic N) is 3. The molecule has 0 saturated heterocycles. The molecule has 2 amide bonds. The van der Waals surface area contributed by atoms with Crippen molar-refractivity contribution < 1.29 is 4.79 Å². The van der Waals surface area contributed by atoms with Crippen LogP contribution in [0.25, 0.3) is 17.0 Å². The van der Waals surface area contributed by atoms with E-state index < -0.39 is 0 Å². The minimum atomic E-state index is -0.329. The van der Waals surface area contributed by atoms with Crippen LogP contribution in [0.15, 0.2) is 67.1 Å². The first-order valence-electron chi connectivity index (χ1n) is 8.33.